The van der Waals surface area contributed by atoms with Crippen LogP contribution in [0.4, 0.5) is 4.79 Å². The number of likely N-dealkylation sites (tertiary alicyclic amines) is 1. The highest BCUT2D eigenvalue weighted by molar-refractivity contribution is 6.30. The maximum Gasteiger partial charge on any atom is 0.410 e. The summed E-state index contributed by atoms with van der Waals surface area (Å²) in [6.45, 7) is 5.94. The van der Waals surface area contributed by atoms with Gasteiger partial charge < -0.3 is 19.5 Å². The summed E-state index contributed by atoms with van der Waals surface area (Å²) in [5.41, 5.74) is -0.868. The van der Waals surface area contributed by atoms with Crippen LogP contribution in [0.3, 0.4) is 0 Å². The normalized spacial score (nSPS) is 21.4. The molecule has 1 aromatic carbocycles. The highest BCUT2D eigenvalue weighted by Gasteiger charge is 2.39. The number of carbonyl (C=O) groups excluding carboxylic acids is 2. The summed E-state index contributed by atoms with van der Waals surface area (Å²) < 4.78 is 5.37. The molecule has 5 nitrogen and oxygen atoms in total. The summed E-state index contributed by atoms with van der Waals surface area (Å²) in [4.78, 5) is 25.7. The van der Waals surface area contributed by atoms with Crippen LogP contribution < -0.4 is 5.11 Å². The molecule has 1 fully saturated rings. The number of hydrogen-bond acceptors (Lipinski definition) is 4. The fraction of sp³-hybridized carbons (Fsp3) is 0.556. The summed E-state index contributed by atoms with van der Waals surface area (Å²) in [6.07, 6.45) is 0.882. The van der Waals surface area contributed by atoms with Crippen LogP contribution in [0.5, 0.6) is 0 Å². The fourth-order valence-electron chi connectivity index (χ4n) is 2.99. The van der Waals surface area contributed by atoms with E-state index < -0.39 is 23.1 Å². The Labute approximate surface area is 147 Å². The number of carbonyl (C=O) groups is 2. The molecular weight excluding hydrogens is 330 g/mol. The third-order valence-corrected chi connectivity index (χ3v) is 4.37. The summed E-state index contributed by atoms with van der Waals surface area (Å²) in [5, 5.41) is 12.5. The molecule has 0 aliphatic carbocycles. The fourth-order valence-corrected chi connectivity index (χ4v) is 3.12. The van der Waals surface area contributed by atoms with Gasteiger partial charge in [-0.2, -0.15) is 0 Å². The van der Waals surface area contributed by atoms with Crippen LogP contribution in [0.25, 0.3) is 0 Å². The average molecular weight is 353 g/mol. The second-order valence-electron chi connectivity index (χ2n) is 7.38. The number of halogens is 1. The molecule has 1 heterocycles. The molecule has 0 aromatic heterocycles. The quantitative estimate of drug-likeness (QED) is 0.838. The zero-order valence-corrected chi connectivity index (χ0v) is 15.1. The predicted octanol–water partition coefficient (Wildman–Crippen LogP) is 2.65. The number of aliphatic carboxylic acids is 1. The lowest BCUT2D eigenvalue weighted by Crippen LogP contribution is -2.56. The number of ether oxygens (including phenoxy) is 1. The number of benzene rings is 1. The third-order valence-electron chi connectivity index (χ3n) is 4.12. The predicted molar refractivity (Wildman–Crippen MR) is 89.6 cm³/mol. The van der Waals surface area contributed by atoms with Crippen molar-refractivity contribution in [2.24, 2.45) is 5.41 Å². The van der Waals surface area contributed by atoms with E-state index in [1.807, 2.05) is 0 Å². The van der Waals surface area contributed by atoms with E-state index in [0.29, 0.717) is 30.8 Å². The van der Waals surface area contributed by atoms with Gasteiger partial charge in [0.2, 0.25) is 0 Å². The molecular formula is C18H23ClNO4-. The lowest BCUT2D eigenvalue weighted by molar-refractivity contribution is -0.321. The molecule has 0 saturated carbocycles. The Hall–Kier alpha value is -1.75. The number of nitrogens with zero attached hydrogens (tertiary/aromatic N) is 1. The highest BCUT2D eigenvalue weighted by Crippen LogP contribution is 2.34. The molecule has 132 valence electrons. The third kappa shape index (κ3) is 4.63. The minimum atomic E-state index is -1.13. The molecule has 24 heavy (non-hydrogen) atoms. The zero-order chi connectivity index (χ0) is 18.0. The maximum atomic E-state index is 12.3. The van der Waals surface area contributed by atoms with Crippen molar-refractivity contribution < 1.29 is 19.4 Å². The molecule has 1 amide bonds. The highest BCUT2D eigenvalue weighted by atomic mass is 35.5. The Morgan fingerprint density at radius 2 is 1.92 bits per heavy atom. The molecule has 0 spiro atoms. The zero-order valence-electron chi connectivity index (χ0n) is 14.3. The Morgan fingerprint density at radius 1 is 1.29 bits per heavy atom. The number of hydrogen-bond donors (Lipinski definition) is 0. The van der Waals surface area contributed by atoms with Crippen LogP contribution in [0, 0.1) is 5.41 Å². The molecule has 0 unspecified atom stereocenters. The van der Waals surface area contributed by atoms with E-state index in [4.69, 9.17) is 16.3 Å². The molecule has 0 radical (unpaired) electrons. The van der Waals surface area contributed by atoms with E-state index >= 15 is 0 Å². The molecule has 6 heteroatoms. The van der Waals surface area contributed by atoms with Gasteiger partial charge in [0, 0.05) is 29.5 Å². The van der Waals surface area contributed by atoms with Crippen molar-refractivity contribution in [3.05, 3.63) is 34.9 Å². The van der Waals surface area contributed by atoms with Crippen molar-refractivity contribution >= 4 is 23.7 Å². The van der Waals surface area contributed by atoms with Crippen LogP contribution in [0.1, 0.15) is 39.2 Å². The molecule has 0 bridgehead atoms. The van der Waals surface area contributed by atoms with Crippen LogP contribution >= 0.6 is 11.6 Å². The lowest BCUT2D eigenvalue weighted by atomic mass is 9.75. The summed E-state index contributed by atoms with van der Waals surface area (Å²) in [6, 6.07) is 7.07. The molecule has 1 saturated heterocycles. The van der Waals surface area contributed by atoms with Gasteiger partial charge in [0.25, 0.3) is 0 Å². The topological polar surface area (TPSA) is 69.7 Å². The van der Waals surface area contributed by atoms with Crippen molar-refractivity contribution in [2.45, 2.75) is 45.6 Å². The second kappa shape index (κ2) is 7.01. The maximum absolute atomic E-state index is 12.3. The van der Waals surface area contributed by atoms with Crippen molar-refractivity contribution in [2.75, 3.05) is 13.1 Å². The second-order valence-corrected chi connectivity index (χ2v) is 7.81. The summed E-state index contributed by atoms with van der Waals surface area (Å²) in [5.74, 6) is -1.13. The molecule has 2 rings (SSSR count). The average Bonchev–Trinajstić information content (AvgIpc) is 2.48. The molecule has 1 aliphatic heterocycles. The van der Waals surface area contributed by atoms with Gasteiger partial charge in [-0.1, -0.05) is 23.7 Å². The van der Waals surface area contributed by atoms with Crippen LogP contribution in [-0.2, 0) is 16.0 Å². The summed E-state index contributed by atoms with van der Waals surface area (Å²) in [7, 11) is 0. The summed E-state index contributed by atoms with van der Waals surface area (Å²) >= 11 is 5.88. The number of amides is 1. The SMILES string of the molecule is CC(C)(C)OC(=O)N1CCC[C@](Cc2ccc(Cl)cc2)(C(=O)[O-])C1. The van der Waals surface area contributed by atoms with E-state index in [-0.39, 0.29) is 6.54 Å². The number of carboxylic acids is 1. The monoisotopic (exact) mass is 352 g/mol. The first-order valence-electron chi connectivity index (χ1n) is 8.05. The van der Waals surface area contributed by atoms with Crippen molar-refractivity contribution in [1.29, 1.82) is 0 Å². The lowest BCUT2D eigenvalue weighted by Gasteiger charge is -2.43. The van der Waals surface area contributed by atoms with E-state index in [0.717, 1.165) is 5.56 Å². The number of carboxylic acid groups (broad SMARTS) is 1. The van der Waals surface area contributed by atoms with Gasteiger partial charge in [-0.3, -0.25) is 0 Å². The van der Waals surface area contributed by atoms with E-state index in [9.17, 15) is 14.7 Å². The van der Waals surface area contributed by atoms with Gasteiger partial charge in [0.1, 0.15) is 5.60 Å². The van der Waals surface area contributed by atoms with E-state index in [1.54, 1.807) is 45.0 Å². The Morgan fingerprint density at radius 3 is 2.46 bits per heavy atom. The largest absolute Gasteiger partial charge is 0.549 e. The van der Waals surface area contributed by atoms with Gasteiger partial charge in [0.15, 0.2) is 0 Å². The van der Waals surface area contributed by atoms with E-state index in [1.165, 1.54) is 4.90 Å². The molecule has 1 aromatic rings. The van der Waals surface area contributed by atoms with Crippen LogP contribution in [0.2, 0.25) is 5.02 Å². The Balaban J connectivity index is 2.18. The standard InChI is InChI=1S/C18H24ClNO4/c1-17(2,3)24-16(23)20-10-4-9-18(12-20,15(21)22)11-13-5-7-14(19)8-6-13/h5-8H,4,9-12H2,1-3H3,(H,21,22)/p-1/t18-/m1/s1. The van der Waals surface area contributed by atoms with Gasteiger partial charge in [0.05, 0.1) is 0 Å². The smallest absolute Gasteiger partial charge is 0.410 e. The molecule has 0 N–H and O–H groups in total. The van der Waals surface area contributed by atoms with Gasteiger partial charge in [-0.05, 0) is 57.7 Å². The first-order chi connectivity index (χ1) is 11.1. The van der Waals surface area contributed by atoms with Gasteiger partial charge in [-0.25, -0.2) is 4.79 Å². The Bertz CT molecular complexity index is 608. The minimum Gasteiger partial charge on any atom is -0.549 e. The van der Waals surface area contributed by atoms with Crippen molar-refractivity contribution in [1.82, 2.24) is 4.90 Å². The Kier molecular flexibility index (Phi) is 5.43. The molecule has 1 aliphatic rings. The van der Waals surface area contributed by atoms with Gasteiger partial charge >= 0.3 is 6.09 Å². The first kappa shape index (κ1) is 18.6. The van der Waals surface area contributed by atoms with Crippen molar-refractivity contribution in [3.8, 4) is 0 Å². The van der Waals surface area contributed by atoms with Crippen LogP contribution in [0.15, 0.2) is 24.3 Å². The van der Waals surface area contributed by atoms with Crippen LogP contribution in [-0.4, -0.2) is 35.7 Å². The number of piperidine rings is 1. The van der Waals surface area contributed by atoms with Gasteiger partial charge in [-0.15, -0.1) is 0 Å². The van der Waals surface area contributed by atoms with E-state index in [2.05, 4.69) is 0 Å². The number of rotatable bonds is 3. The first-order valence-corrected chi connectivity index (χ1v) is 8.43. The minimum absolute atomic E-state index is 0.0902. The van der Waals surface area contributed by atoms with Crippen molar-refractivity contribution in [3.63, 3.8) is 0 Å². The molecule has 1 atom stereocenters.